The number of ether oxygens (including phenoxy) is 1. The molecule has 118 valence electrons. The molecule has 0 aromatic heterocycles. The molecule has 22 heavy (non-hydrogen) atoms. The van der Waals surface area contributed by atoms with Gasteiger partial charge in [0.15, 0.2) is 0 Å². The number of alkyl halides is 3. The van der Waals surface area contributed by atoms with Crippen LogP contribution in [0.15, 0.2) is 48.5 Å². The first kappa shape index (κ1) is 16.4. The number of hydrogen-bond acceptors (Lipinski definition) is 1. The molecule has 0 atom stereocenters. The molecule has 0 amide bonds. The normalized spacial score (nSPS) is 12.3. The van der Waals surface area contributed by atoms with Gasteiger partial charge >= 0.3 is 6.18 Å². The number of quaternary nitrogens is 1. The molecule has 2 aromatic carbocycles. The Morgan fingerprint density at radius 3 is 2.05 bits per heavy atom. The van der Waals surface area contributed by atoms with Gasteiger partial charge < -0.3 is 9.22 Å². The summed E-state index contributed by atoms with van der Waals surface area (Å²) in [5, 5.41) is 0. The minimum Gasteiger partial charge on any atom is -0.457 e. The van der Waals surface area contributed by atoms with Crippen LogP contribution in [0.1, 0.15) is 11.1 Å². The predicted octanol–water partition coefficient (Wildman–Crippen LogP) is 4.70. The van der Waals surface area contributed by atoms with Crippen molar-refractivity contribution in [2.75, 3.05) is 21.1 Å². The summed E-state index contributed by atoms with van der Waals surface area (Å²) in [5.74, 6) is 1.05. The molecule has 2 rings (SSSR count). The van der Waals surface area contributed by atoms with Gasteiger partial charge in [-0.05, 0) is 36.4 Å². The molecule has 0 saturated carbocycles. The van der Waals surface area contributed by atoms with E-state index in [1.165, 1.54) is 12.1 Å². The molecule has 0 saturated heterocycles. The Labute approximate surface area is 128 Å². The van der Waals surface area contributed by atoms with Gasteiger partial charge in [0.05, 0.1) is 26.7 Å². The first-order chi connectivity index (χ1) is 10.1. The zero-order valence-electron chi connectivity index (χ0n) is 12.8. The maximum Gasteiger partial charge on any atom is 0.416 e. The predicted molar refractivity (Wildman–Crippen MR) is 79.7 cm³/mol. The average Bonchev–Trinajstić information content (AvgIpc) is 2.39. The van der Waals surface area contributed by atoms with Gasteiger partial charge in [-0.1, -0.05) is 12.1 Å². The Bertz CT molecular complexity index is 628. The minimum atomic E-state index is -4.33. The molecule has 0 bridgehead atoms. The lowest BCUT2D eigenvalue weighted by atomic mass is 10.1. The summed E-state index contributed by atoms with van der Waals surface area (Å²) in [5.41, 5.74) is 0.328. The second kappa shape index (κ2) is 6.01. The fraction of sp³-hybridized carbons (Fsp3) is 0.294. The van der Waals surface area contributed by atoms with Crippen LogP contribution in [-0.4, -0.2) is 25.6 Å². The van der Waals surface area contributed by atoms with Gasteiger partial charge in [0.2, 0.25) is 0 Å². The van der Waals surface area contributed by atoms with Crippen LogP contribution in [0.3, 0.4) is 0 Å². The van der Waals surface area contributed by atoms with Gasteiger partial charge in [0.25, 0.3) is 0 Å². The number of para-hydroxylation sites is 1. The number of nitrogens with zero attached hydrogens (tertiary/aromatic N) is 1. The fourth-order valence-corrected chi connectivity index (χ4v) is 2.08. The lowest BCUT2D eigenvalue weighted by Gasteiger charge is -2.25. The monoisotopic (exact) mass is 310 g/mol. The van der Waals surface area contributed by atoms with Gasteiger partial charge in [0.1, 0.15) is 18.0 Å². The van der Waals surface area contributed by atoms with E-state index in [4.69, 9.17) is 4.74 Å². The lowest BCUT2D eigenvalue weighted by molar-refractivity contribution is -0.884. The van der Waals surface area contributed by atoms with E-state index in [0.29, 0.717) is 11.5 Å². The molecule has 0 radical (unpaired) electrons. The first-order valence-corrected chi connectivity index (χ1v) is 6.89. The van der Waals surface area contributed by atoms with Crippen LogP contribution in [-0.2, 0) is 12.7 Å². The molecular formula is C17H19F3NO+. The van der Waals surface area contributed by atoms with Crippen molar-refractivity contribution in [2.24, 2.45) is 0 Å². The second-order valence-electron chi connectivity index (χ2n) is 6.18. The third-order valence-electron chi connectivity index (χ3n) is 3.03. The van der Waals surface area contributed by atoms with Crippen LogP contribution < -0.4 is 4.74 Å². The van der Waals surface area contributed by atoms with Crippen molar-refractivity contribution in [3.63, 3.8) is 0 Å². The molecule has 0 N–H and O–H groups in total. The fourth-order valence-electron chi connectivity index (χ4n) is 2.08. The van der Waals surface area contributed by atoms with E-state index in [-0.39, 0.29) is 0 Å². The summed E-state index contributed by atoms with van der Waals surface area (Å²) in [4.78, 5) is 0. The average molecular weight is 310 g/mol. The standard InChI is InChI=1S/C17H19F3NO/c1-21(2,3)12-13-6-4-5-7-16(13)22-15-10-8-14(9-11-15)17(18,19)20/h4-11H,12H2,1-3H3/q+1. The number of rotatable bonds is 4. The van der Waals surface area contributed by atoms with Gasteiger partial charge in [-0.2, -0.15) is 13.2 Å². The van der Waals surface area contributed by atoms with E-state index in [1.807, 2.05) is 24.3 Å². The highest BCUT2D eigenvalue weighted by Gasteiger charge is 2.30. The summed E-state index contributed by atoms with van der Waals surface area (Å²) in [6.07, 6.45) is -4.33. The maximum atomic E-state index is 12.6. The molecular weight excluding hydrogens is 291 g/mol. The molecule has 5 heteroatoms. The molecule has 2 aromatic rings. The maximum absolute atomic E-state index is 12.6. The van der Waals surface area contributed by atoms with Crippen LogP contribution >= 0.6 is 0 Å². The summed E-state index contributed by atoms with van der Waals surface area (Å²) in [7, 11) is 6.19. The van der Waals surface area contributed by atoms with E-state index in [0.717, 1.165) is 28.7 Å². The smallest absolute Gasteiger partial charge is 0.416 e. The highest BCUT2D eigenvalue weighted by Crippen LogP contribution is 2.32. The lowest BCUT2D eigenvalue weighted by Crippen LogP contribution is -2.33. The van der Waals surface area contributed by atoms with Crippen molar-refractivity contribution < 1.29 is 22.4 Å². The van der Waals surface area contributed by atoms with Crippen LogP contribution in [0.4, 0.5) is 13.2 Å². The second-order valence-corrected chi connectivity index (χ2v) is 6.18. The quantitative estimate of drug-likeness (QED) is 0.744. The summed E-state index contributed by atoms with van der Waals surface area (Å²) in [6.45, 7) is 0.761. The third kappa shape index (κ3) is 4.49. The van der Waals surface area contributed by atoms with Gasteiger partial charge in [-0.25, -0.2) is 0 Å². The zero-order valence-corrected chi connectivity index (χ0v) is 12.8. The van der Waals surface area contributed by atoms with E-state index in [9.17, 15) is 13.2 Å². The molecule has 0 spiro atoms. The van der Waals surface area contributed by atoms with Crippen molar-refractivity contribution in [2.45, 2.75) is 12.7 Å². The van der Waals surface area contributed by atoms with E-state index < -0.39 is 11.7 Å². The number of benzene rings is 2. The highest BCUT2D eigenvalue weighted by atomic mass is 19.4. The van der Waals surface area contributed by atoms with Gasteiger partial charge in [-0.15, -0.1) is 0 Å². The van der Waals surface area contributed by atoms with Crippen molar-refractivity contribution in [1.82, 2.24) is 0 Å². The largest absolute Gasteiger partial charge is 0.457 e. The van der Waals surface area contributed by atoms with Crippen LogP contribution in [0.5, 0.6) is 11.5 Å². The molecule has 0 aliphatic heterocycles. The molecule has 0 aliphatic rings. The summed E-state index contributed by atoms with van der Waals surface area (Å²) in [6, 6.07) is 12.3. The molecule has 2 nitrogen and oxygen atoms in total. The van der Waals surface area contributed by atoms with Crippen molar-refractivity contribution >= 4 is 0 Å². The summed E-state index contributed by atoms with van der Waals surface area (Å²) < 4.78 is 44.1. The van der Waals surface area contributed by atoms with Gasteiger partial charge in [0, 0.05) is 5.56 Å². The third-order valence-corrected chi connectivity index (χ3v) is 3.03. The Kier molecular flexibility index (Phi) is 4.47. The van der Waals surface area contributed by atoms with Crippen molar-refractivity contribution in [3.05, 3.63) is 59.7 Å². The molecule has 0 fully saturated rings. The SMILES string of the molecule is C[N+](C)(C)Cc1ccccc1Oc1ccc(C(F)(F)F)cc1. The number of halogens is 3. The Morgan fingerprint density at radius 2 is 1.50 bits per heavy atom. The topological polar surface area (TPSA) is 9.23 Å². The summed E-state index contributed by atoms with van der Waals surface area (Å²) >= 11 is 0. The van der Waals surface area contributed by atoms with Crippen molar-refractivity contribution in [1.29, 1.82) is 0 Å². The first-order valence-electron chi connectivity index (χ1n) is 6.89. The Morgan fingerprint density at radius 1 is 0.909 bits per heavy atom. The molecule has 0 aliphatic carbocycles. The number of hydrogen-bond donors (Lipinski definition) is 0. The van der Waals surface area contributed by atoms with E-state index in [2.05, 4.69) is 21.1 Å². The molecule has 0 heterocycles. The van der Waals surface area contributed by atoms with Crippen molar-refractivity contribution in [3.8, 4) is 11.5 Å². The van der Waals surface area contributed by atoms with Crippen LogP contribution in [0.2, 0.25) is 0 Å². The van der Waals surface area contributed by atoms with Gasteiger partial charge in [-0.3, -0.25) is 0 Å². The highest BCUT2D eigenvalue weighted by molar-refractivity contribution is 5.38. The van der Waals surface area contributed by atoms with Crippen LogP contribution in [0.25, 0.3) is 0 Å². The van der Waals surface area contributed by atoms with Crippen LogP contribution in [0, 0.1) is 0 Å². The van der Waals surface area contributed by atoms with E-state index >= 15 is 0 Å². The van der Waals surface area contributed by atoms with E-state index in [1.54, 1.807) is 0 Å². The minimum absolute atomic E-state index is 0.391. The zero-order chi connectivity index (χ0) is 16.4. The Balaban J connectivity index is 2.21. The Hall–Kier alpha value is -2.01. The molecule has 0 unspecified atom stereocenters.